The lowest BCUT2D eigenvalue weighted by Crippen LogP contribution is -2.25. The van der Waals surface area contributed by atoms with Gasteiger partial charge in [-0.1, -0.05) is 27.7 Å². The lowest BCUT2D eigenvalue weighted by atomic mass is 9.71. The first-order valence-corrected chi connectivity index (χ1v) is 4.61. The molecule has 1 fully saturated rings. The SMILES string of the molecule is CC1CC(C)[C@@H](C)CC1C. The zero-order valence-corrected chi connectivity index (χ0v) is 7.72. The fourth-order valence-electron chi connectivity index (χ4n) is 2.10. The highest BCUT2D eigenvalue weighted by molar-refractivity contribution is 4.77. The maximum atomic E-state index is 2.40. The molecule has 0 amide bonds. The van der Waals surface area contributed by atoms with Crippen molar-refractivity contribution < 1.29 is 0 Å². The van der Waals surface area contributed by atoms with Crippen molar-refractivity contribution >= 4 is 0 Å². The van der Waals surface area contributed by atoms with E-state index in [4.69, 9.17) is 0 Å². The van der Waals surface area contributed by atoms with Crippen molar-refractivity contribution in [1.82, 2.24) is 0 Å². The average Bonchev–Trinajstić information content (AvgIpc) is 1.84. The van der Waals surface area contributed by atoms with Crippen molar-refractivity contribution in [2.24, 2.45) is 23.7 Å². The van der Waals surface area contributed by atoms with E-state index in [1.807, 2.05) is 0 Å². The van der Waals surface area contributed by atoms with Crippen LogP contribution in [0.1, 0.15) is 40.5 Å². The third-order valence-corrected chi connectivity index (χ3v) is 3.43. The molecule has 1 rings (SSSR count). The van der Waals surface area contributed by atoms with Gasteiger partial charge in [0.1, 0.15) is 0 Å². The Kier molecular flexibility index (Phi) is 2.38. The summed E-state index contributed by atoms with van der Waals surface area (Å²) in [5.74, 6) is 3.86. The largest absolute Gasteiger partial charge is 0.0622 e. The Balaban J connectivity index is 2.46. The first-order chi connectivity index (χ1) is 4.61. The van der Waals surface area contributed by atoms with E-state index in [0.29, 0.717) is 0 Å². The van der Waals surface area contributed by atoms with Crippen LogP contribution in [0.2, 0.25) is 0 Å². The van der Waals surface area contributed by atoms with Gasteiger partial charge >= 0.3 is 0 Å². The van der Waals surface area contributed by atoms with Gasteiger partial charge in [0.25, 0.3) is 0 Å². The van der Waals surface area contributed by atoms with Gasteiger partial charge in [-0.05, 0) is 36.5 Å². The third kappa shape index (κ3) is 1.53. The smallest absolute Gasteiger partial charge is 0.0414 e. The fraction of sp³-hybridized carbons (Fsp3) is 1.00. The molecule has 60 valence electrons. The Morgan fingerprint density at radius 1 is 0.600 bits per heavy atom. The van der Waals surface area contributed by atoms with Crippen LogP contribution in [0.4, 0.5) is 0 Å². The summed E-state index contributed by atoms with van der Waals surface area (Å²) in [6, 6.07) is 0. The molecule has 0 heterocycles. The molecule has 0 aromatic carbocycles. The topological polar surface area (TPSA) is 0 Å². The van der Waals surface area contributed by atoms with Gasteiger partial charge in [0.05, 0.1) is 0 Å². The van der Waals surface area contributed by atoms with Gasteiger partial charge in [-0.15, -0.1) is 0 Å². The predicted molar refractivity (Wildman–Crippen MR) is 45.9 cm³/mol. The highest BCUT2D eigenvalue weighted by Gasteiger charge is 2.26. The summed E-state index contributed by atoms with van der Waals surface area (Å²) in [7, 11) is 0. The van der Waals surface area contributed by atoms with Gasteiger partial charge in [-0.3, -0.25) is 0 Å². The molecule has 1 aliphatic rings. The lowest BCUT2D eigenvalue weighted by Gasteiger charge is -2.35. The minimum atomic E-state index is 0.964. The molecule has 0 spiro atoms. The van der Waals surface area contributed by atoms with E-state index < -0.39 is 0 Å². The van der Waals surface area contributed by atoms with Crippen molar-refractivity contribution in [1.29, 1.82) is 0 Å². The molecule has 0 saturated heterocycles. The highest BCUT2D eigenvalue weighted by atomic mass is 14.3. The molecule has 10 heavy (non-hydrogen) atoms. The second-order valence-corrected chi connectivity index (χ2v) is 4.38. The van der Waals surface area contributed by atoms with Crippen molar-refractivity contribution in [3.05, 3.63) is 0 Å². The van der Waals surface area contributed by atoms with Crippen LogP contribution in [0.15, 0.2) is 0 Å². The van der Waals surface area contributed by atoms with E-state index >= 15 is 0 Å². The van der Waals surface area contributed by atoms with Crippen molar-refractivity contribution in [3.63, 3.8) is 0 Å². The number of rotatable bonds is 0. The average molecular weight is 140 g/mol. The molecular weight excluding hydrogens is 120 g/mol. The van der Waals surface area contributed by atoms with Crippen LogP contribution in [-0.4, -0.2) is 0 Å². The molecule has 4 atom stereocenters. The molecule has 3 unspecified atom stereocenters. The van der Waals surface area contributed by atoms with Crippen LogP contribution in [0, 0.1) is 23.7 Å². The van der Waals surface area contributed by atoms with Crippen LogP contribution in [0.5, 0.6) is 0 Å². The minimum absolute atomic E-state index is 0.964. The van der Waals surface area contributed by atoms with E-state index in [-0.39, 0.29) is 0 Å². The predicted octanol–water partition coefficient (Wildman–Crippen LogP) is 3.32. The summed E-state index contributed by atoms with van der Waals surface area (Å²) in [5, 5.41) is 0. The first kappa shape index (κ1) is 8.10. The molecule has 1 aliphatic carbocycles. The summed E-state index contributed by atoms with van der Waals surface area (Å²) in [6.45, 7) is 9.58. The normalized spacial score (nSPS) is 49.2. The first-order valence-electron chi connectivity index (χ1n) is 4.61. The van der Waals surface area contributed by atoms with Gasteiger partial charge < -0.3 is 0 Å². The van der Waals surface area contributed by atoms with Crippen molar-refractivity contribution in [2.45, 2.75) is 40.5 Å². The Hall–Kier alpha value is 0. The van der Waals surface area contributed by atoms with Crippen LogP contribution in [-0.2, 0) is 0 Å². The second kappa shape index (κ2) is 2.94. The number of hydrogen-bond acceptors (Lipinski definition) is 0. The molecule has 0 aromatic heterocycles. The molecule has 0 nitrogen and oxygen atoms in total. The molecule has 0 N–H and O–H groups in total. The molecular formula is C10H20. The maximum absolute atomic E-state index is 2.40. The van der Waals surface area contributed by atoms with Crippen LogP contribution in [0.3, 0.4) is 0 Å². The van der Waals surface area contributed by atoms with Crippen molar-refractivity contribution in [2.75, 3.05) is 0 Å². The van der Waals surface area contributed by atoms with Crippen LogP contribution < -0.4 is 0 Å². The molecule has 0 bridgehead atoms. The van der Waals surface area contributed by atoms with E-state index in [9.17, 15) is 0 Å². The third-order valence-electron chi connectivity index (χ3n) is 3.43. The quantitative estimate of drug-likeness (QED) is 0.484. The zero-order chi connectivity index (χ0) is 7.72. The standard InChI is InChI=1S/C10H20/c1-7-5-9(3)10(4)6-8(7)2/h7-10H,5-6H2,1-4H3/t7-,8?,9?,10?/m0/s1. The molecule has 0 aromatic rings. The van der Waals surface area contributed by atoms with Gasteiger partial charge in [0, 0.05) is 0 Å². The lowest BCUT2D eigenvalue weighted by molar-refractivity contribution is 0.157. The molecule has 0 heteroatoms. The van der Waals surface area contributed by atoms with Crippen molar-refractivity contribution in [3.8, 4) is 0 Å². The van der Waals surface area contributed by atoms with Gasteiger partial charge in [-0.2, -0.15) is 0 Å². The number of hydrogen-bond donors (Lipinski definition) is 0. The van der Waals surface area contributed by atoms with E-state index in [1.165, 1.54) is 12.8 Å². The molecule has 1 saturated carbocycles. The van der Waals surface area contributed by atoms with E-state index in [1.54, 1.807) is 0 Å². The summed E-state index contributed by atoms with van der Waals surface area (Å²) in [6.07, 6.45) is 2.89. The summed E-state index contributed by atoms with van der Waals surface area (Å²) in [5.41, 5.74) is 0. The maximum Gasteiger partial charge on any atom is -0.0414 e. The Morgan fingerprint density at radius 2 is 0.800 bits per heavy atom. The summed E-state index contributed by atoms with van der Waals surface area (Å²) < 4.78 is 0. The van der Waals surface area contributed by atoms with E-state index in [0.717, 1.165) is 23.7 Å². The zero-order valence-electron chi connectivity index (χ0n) is 7.72. The van der Waals surface area contributed by atoms with Gasteiger partial charge in [0.2, 0.25) is 0 Å². The Bertz CT molecular complexity index is 80.6. The van der Waals surface area contributed by atoms with Crippen LogP contribution in [0.25, 0.3) is 0 Å². The fourth-order valence-corrected chi connectivity index (χ4v) is 2.10. The van der Waals surface area contributed by atoms with E-state index in [2.05, 4.69) is 27.7 Å². The Morgan fingerprint density at radius 3 is 1.00 bits per heavy atom. The summed E-state index contributed by atoms with van der Waals surface area (Å²) >= 11 is 0. The minimum Gasteiger partial charge on any atom is -0.0622 e. The Labute approximate surface area is 65.0 Å². The molecule has 0 aliphatic heterocycles. The van der Waals surface area contributed by atoms with Gasteiger partial charge in [-0.25, -0.2) is 0 Å². The van der Waals surface area contributed by atoms with Gasteiger partial charge in [0.15, 0.2) is 0 Å². The summed E-state index contributed by atoms with van der Waals surface area (Å²) in [4.78, 5) is 0. The highest BCUT2D eigenvalue weighted by Crippen LogP contribution is 2.36. The second-order valence-electron chi connectivity index (χ2n) is 4.38. The van der Waals surface area contributed by atoms with Crippen LogP contribution >= 0.6 is 0 Å². The molecule has 0 radical (unpaired) electrons. The monoisotopic (exact) mass is 140 g/mol.